The molecule has 0 spiro atoms. The van der Waals surface area contributed by atoms with Gasteiger partial charge in [-0.15, -0.1) is 0 Å². The SMILES string of the molecule is C=CC(=O)N(CC(=O)N[C@@H](Cc1ccc(C)cc1C)B1O[C@@H]2CC3CC(C3(C)C)[C@]2(C)O1)c1ccccc1F. The molecule has 2 amide bonds. The van der Waals surface area contributed by atoms with E-state index >= 15 is 0 Å². The third-order valence-corrected chi connectivity index (χ3v) is 9.47. The molecule has 1 N–H and O–H groups in total. The van der Waals surface area contributed by atoms with E-state index in [-0.39, 0.29) is 23.8 Å². The summed E-state index contributed by atoms with van der Waals surface area (Å²) in [7, 11) is -0.642. The molecule has 2 aromatic carbocycles. The van der Waals surface area contributed by atoms with Gasteiger partial charge in [-0.2, -0.15) is 0 Å². The number of halogens is 1. The van der Waals surface area contributed by atoms with Gasteiger partial charge >= 0.3 is 7.12 Å². The Morgan fingerprint density at radius 3 is 2.62 bits per heavy atom. The number of carbonyl (C=O) groups excluding carboxylic acids is 2. The van der Waals surface area contributed by atoms with Crippen molar-refractivity contribution >= 4 is 24.6 Å². The van der Waals surface area contributed by atoms with E-state index in [4.69, 9.17) is 9.31 Å². The van der Waals surface area contributed by atoms with Crippen molar-refractivity contribution in [3.05, 3.63) is 77.6 Å². The van der Waals surface area contributed by atoms with E-state index in [1.165, 1.54) is 18.2 Å². The first kappa shape index (κ1) is 27.6. The molecule has 3 aliphatic carbocycles. The molecule has 206 valence electrons. The van der Waals surface area contributed by atoms with Crippen LogP contribution in [-0.2, 0) is 25.3 Å². The van der Waals surface area contributed by atoms with Crippen molar-refractivity contribution in [3.8, 4) is 0 Å². The molecule has 2 aromatic rings. The van der Waals surface area contributed by atoms with Gasteiger partial charge < -0.3 is 14.6 Å². The molecule has 8 heteroatoms. The summed E-state index contributed by atoms with van der Waals surface area (Å²) in [5.74, 6) is -1.08. The van der Waals surface area contributed by atoms with E-state index < -0.39 is 36.3 Å². The lowest BCUT2D eigenvalue weighted by atomic mass is 9.43. The molecule has 6 rings (SSSR count). The predicted molar refractivity (Wildman–Crippen MR) is 151 cm³/mol. The van der Waals surface area contributed by atoms with E-state index in [0.717, 1.165) is 40.5 Å². The van der Waals surface area contributed by atoms with E-state index in [1.54, 1.807) is 6.07 Å². The van der Waals surface area contributed by atoms with Crippen LogP contribution >= 0.6 is 0 Å². The van der Waals surface area contributed by atoms with Crippen molar-refractivity contribution in [3.63, 3.8) is 0 Å². The zero-order valence-corrected chi connectivity index (χ0v) is 23.5. The number of rotatable bonds is 8. The van der Waals surface area contributed by atoms with Crippen molar-refractivity contribution < 1.29 is 23.3 Å². The summed E-state index contributed by atoms with van der Waals surface area (Å²) in [5, 5.41) is 3.08. The first-order valence-corrected chi connectivity index (χ1v) is 13.8. The number of hydrogen-bond acceptors (Lipinski definition) is 4. The quantitative estimate of drug-likeness (QED) is 0.386. The van der Waals surface area contributed by atoms with Gasteiger partial charge in [0.05, 0.1) is 23.3 Å². The summed E-state index contributed by atoms with van der Waals surface area (Å²) < 4.78 is 27.8. The minimum atomic E-state index is -0.642. The molecule has 1 heterocycles. The Morgan fingerprint density at radius 1 is 1.21 bits per heavy atom. The van der Waals surface area contributed by atoms with E-state index in [2.05, 4.69) is 57.8 Å². The maximum absolute atomic E-state index is 14.6. The highest BCUT2D eigenvalue weighted by atomic mass is 19.1. The van der Waals surface area contributed by atoms with Crippen LogP contribution < -0.4 is 10.2 Å². The summed E-state index contributed by atoms with van der Waals surface area (Å²) in [5.41, 5.74) is 3.16. The summed E-state index contributed by atoms with van der Waals surface area (Å²) in [6, 6.07) is 12.1. The molecule has 1 aliphatic heterocycles. The molecule has 2 bridgehead atoms. The van der Waals surface area contributed by atoms with Crippen molar-refractivity contribution in [1.82, 2.24) is 5.32 Å². The number of nitrogens with one attached hydrogen (secondary N) is 1. The lowest BCUT2D eigenvalue weighted by Crippen LogP contribution is -2.65. The molecule has 1 saturated heterocycles. The van der Waals surface area contributed by atoms with E-state index in [0.29, 0.717) is 18.3 Å². The van der Waals surface area contributed by atoms with Gasteiger partial charge in [-0.3, -0.25) is 14.5 Å². The van der Waals surface area contributed by atoms with Gasteiger partial charge in [0.2, 0.25) is 5.91 Å². The number of para-hydroxylation sites is 1. The Morgan fingerprint density at radius 2 is 1.95 bits per heavy atom. The van der Waals surface area contributed by atoms with E-state index in [9.17, 15) is 14.0 Å². The van der Waals surface area contributed by atoms with E-state index in [1.807, 2.05) is 6.92 Å². The maximum atomic E-state index is 14.6. The van der Waals surface area contributed by atoms with Gasteiger partial charge in [-0.25, -0.2) is 4.39 Å². The normalized spacial score (nSPS) is 27.2. The summed E-state index contributed by atoms with van der Waals surface area (Å²) in [6.45, 7) is 14.0. The molecule has 6 nitrogen and oxygen atoms in total. The van der Waals surface area contributed by atoms with Crippen LogP contribution in [0.25, 0.3) is 0 Å². The number of nitrogens with zero attached hydrogens (tertiary/aromatic N) is 1. The Balaban J connectivity index is 1.40. The largest absolute Gasteiger partial charge is 0.482 e. The second kappa shape index (κ2) is 10.2. The smallest absolute Gasteiger partial charge is 0.404 e. The Bertz CT molecular complexity index is 1300. The van der Waals surface area contributed by atoms with Crippen LogP contribution in [0.3, 0.4) is 0 Å². The maximum Gasteiger partial charge on any atom is 0.482 e. The summed E-state index contributed by atoms with van der Waals surface area (Å²) in [4.78, 5) is 27.2. The third-order valence-electron chi connectivity index (χ3n) is 9.47. The summed E-state index contributed by atoms with van der Waals surface area (Å²) in [6.07, 6.45) is 3.61. The first-order valence-electron chi connectivity index (χ1n) is 13.8. The van der Waals surface area contributed by atoms with Gasteiger partial charge in [0.15, 0.2) is 0 Å². The number of benzene rings is 2. The first-order chi connectivity index (χ1) is 18.4. The van der Waals surface area contributed by atoms with Crippen LogP contribution in [0.15, 0.2) is 55.1 Å². The number of carbonyl (C=O) groups is 2. The van der Waals surface area contributed by atoms with Crippen LogP contribution in [0.4, 0.5) is 10.1 Å². The molecule has 0 aromatic heterocycles. The monoisotopic (exact) mass is 532 g/mol. The highest BCUT2D eigenvalue weighted by molar-refractivity contribution is 6.48. The Hall–Kier alpha value is -2.97. The molecule has 39 heavy (non-hydrogen) atoms. The van der Waals surface area contributed by atoms with Gasteiger partial charge in [-0.05, 0) is 86.6 Å². The third kappa shape index (κ3) is 4.93. The highest BCUT2D eigenvalue weighted by Crippen LogP contribution is 2.65. The van der Waals surface area contributed by atoms with Gasteiger partial charge in [0.25, 0.3) is 5.91 Å². The number of aryl methyl sites for hydroxylation is 2. The second-order valence-electron chi connectivity index (χ2n) is 12.2. The lowest BCUT2D eigenvalue weighted by Gasteiger charge is -2.64. The molecule has 4 aliphatic rings. The lowest BCUT2D eigenvalue weighted by molar-refractivity contribution is -0.199. The molecular weight excluding hydrogens is 494 g/mol. The average Bonchev–Trinajstić information content (AvgIpc) is 3.25. The molecular formula is C31H38BFN2O4. The fraction of sp³-hybridized carbons (Fsp3) is 0.484. The number of hydrogen-bond donors (Lipinski definition) is 1. The van der Waals surface area contributed by atoms with Crippen molar-refractivity contribution in [1.29, 1.82) is 0 Å². The van der Waals surface area contributed by atoms with Crippen LogP contribution in [0, 0.1) is 36.9 Å². The second-order valence-corrected chi connectivity index (χ2v) is 12.2. The predicted octanol–water partition coefficient (Wildman–Crippen LogP) is 4.96. The molecule has 2 unspecified atom stereocenters. The fourth-order valence-electron chi connectivity index (χ4n) is 7.06. The van der Waals surface area contributed by atoms with Crippen molar-refractivity contribution in [2.24, 2.45) is 17.3 Å². The average molecular weight is 532 g/mol. The van der Waals surface area contributed by atoms with Gasteiger partial charge in [0, 0.05) is 0 Å². The minimum Gasteiger partial charge on any atom is -0.404 e. The van der Waals surface area contributed by atoms with Crippen molar-refractivity contribution in [2.45, 2.75) is 71.5 Å². The summed E-state index contributed by atoms with van der Waals surface area (Å²) >= 11 is 0. The van der Waals surface area contributed by atoms with Crippen LogP contribution in [0.1, 0.15) is 50.3 Å². The fourth-order valence-corrected chi connectivity index (χ4v) is 7.06. The zero-order chi connectivity index (χ0) is 28.1. The standard InChI is InChI=1S/C31H38BFN2O4/c1-7-29(37)35(24-11-9-8-10-23(24)33)18-28(36)34-27(15-21-13-12-19(2)14-20(21)3)32-38-26-17-22-16-25(30(22,4)5)31(26,6)39-32/h7-14,22,25-27H,1,15-18H2,2-6H3,(H,34,36)/t22?,25?,26-,27+,31+/m1/s1. The number of anilines is 1. The minimum absolute atomic E-state index is 0.0254. The Labute approximate surface area is 231 Å². The van der Waals surface area contributed by atoms with Crippen LogP contribution in [0.2, 0.25) is 0 Å². The molecule has 5 atom stereocenters. The molecule has 4 fully saturated rings. The number of amides is 2. The zero-order valence-electron chi connectivity index (χ0n) is 23.5. The van der Waals surface area contributed by atoms with Crippen LogP contribution in [0.5, 0.6) is 0 Å². The topological polar surface area (TPSA) is 67.9 Å². The Kier molecular flexibility index (Phi) is 7.23. The molecule has 0 radical (unpaired) electrons. The van der Waals surface area contributed by atoms with Crippen LogP contribution in [-0.4, -0.2) is 43.1 Å². The van der Waals surface area contributed by atoms with Crippen molar-refractivity contribution in [2.75, 3.05) is 11.4 Å². The van der Waals surface area contributed by atoms with Gasteiger partial charge in [-0.1, -0.05) is 56.3 Å². The highest BCUT2D eigenvalue weighted by Gasteiger charge is 2.68. The molecule has 3 saturated carbocycles. The van der Waals surface area contributed by atoms with Gasteiger partial charge in [0.1, 0.15) is 12.4 Å².